The van der Waals surface area contributed by atoms with Crippen LogP contribution in [0, 0.1) is 11.3 Å². The molecule has 0 saturated carbocycles. The van der Waals surface area contributed by atoms with Crippen molar-refractivity contribution in [3.05, 3.63) is 0 Å². The van der Waals surface area contributed by atoms with Gasteiger partial charge in [-0.2, -0.15) is 0 Å². The molecule has 52 valence electrons. The monoisotopic (exact) mass is 126 g/mol. The van der Waals surface area contributed by atoms with Gasteiger partial charge in [0.05, 0.1) is 0 Å². The van der Waals surface area contributed by atoms with Gasteiger partial charge in [0.2, 0.25) is 0 Å². The summed E-state index contributed by atoms with van der Waals surface area (Å²) in [6.45, 7) is 6.28. The summed E-state index contributed by atoms with van der Waals surface area (Å²) in [4.78, 5) is 4.07. The van der Waals surface area contributed by atoms with Crippen molar-refractivity contribution in [2.75, 3.05) is 0 Å². The van der Waals surface area contributed by atoms with Gasteiger partial charge in [0, 0.05) is 18.5 Å². The molecule has 0 aliphatic rings. The first-order valence-corrected chi connectivity index (χ1v) is 3.20. The molecule has 1 unspecified atom stereocenters. The maximum absolute atomic E-state index is 6.66. The molecule has 0 amide bonds. The first-order chi connectivity index (χ1) is 4.18. The smallest absolute Gasteiger partial charge is 0.0494 e. The maximum atomic E-state index is 6.66. The predicted molar refractivity (Wildman–Crippen MR) is 41.6 cm³/mol. The van der Waals surface area contributed by atoms with Crippen molar-refractivity contribution < 1.29 is 0 Å². The molecule has 1 atom stereocenters. The Morgan fingerprint density at radius 2 is 1.89 bits per heavy atom. The second-order valence-electron chi connectivity index (χ2n) is 2.45. The maximum Gasteiger partial charge on any atom is 0.0494 e. The molecule has 0 spiro atoms. The van der Waals surface area contributed by atoms with Gasteiger partial charge in [-0.3, -0.25) is 4.99 Å². The summed E-state index contributed by atoms with van der Waals surface area (Å²) in [5.41, 5.74) is 0. The van der Waals surface area contributed by atoms with Crippen molar-refractivity contribution in [1.29, 1.82) is 5.41 Å². The number of hydrogen-bond acceptors (Lipinski definition) is 2. The molecule has 0 bridgehead atoms. The second-order valence-corrected chi connectivity index (χ2v) is 2.45. The van der Waals surface area contributed by atoms with E-state index in [-0.39, 0.29) is 0 Å². The summed E-state index contributed by atoms with van der Waals surface area (Å²) in [5, 5.41) is 6.66. The van der Waals surface area contributed by atoms with Gasteiger partial charge in [-0.05, 0) is 12.8 Å². The Hall–Kier alpha value is -0.660. The van der Waals surface area contributed by atoms with Crippen molar-refractivity contribution in [3.63, 3.8) is 0 Å². The standard InChI is InChI=1S/C7H14N2/c1-6(2)7(3)9-5-4-8/h4-8H,1-3H3/b8-4?,9-5-. The largest absolute Gasteiger partial charge is 0.307 e. The highest BCUT2D eigenvalue weighted by molar-refractivity contribution is 6.14. The van der Waals surface area contributed by atoms with Crippen LogP contribution in [0.1, 0.15) is 20.8 Å². The molecule has 0 aromatic heterocycles. The van der Waals surface area contributed by atoms with E-state index in [2.05, 4.69) is 18.8 Å². The van der Waals surface area contributed by atoms with Gasteiger partial charge in [0.15, 0.2) is 0 Å². The van der Waals surface area contributed by atoms with Crippen LogP contribution in [-0.4, -0.2) is 18.5 Å². The van der Waals surface area contributed by atoms with Crippen LogP contribution in [0.15, 0.2) is 4.99 Å². The molecule has 0 aromatic rings. The average molecular weight is 126 g/mol. The number of aliphatic imine (C=N–C) groups is 1. The summed E-state index contributed by atoms with van der Waals surface area (Å²) < 4.78 is 0. The van der Waals surface area contributed by atoms with Crippen molar-refractivity contribution in [2.24, 2.45) is 10.9 Å². The summed E-state index contributed by atoms with van der Waals surface area (Å²) in [6, 6.07) is 0.339. The minimum atomic E-state index is 0.339. The SMILES string of the molecule is CC(C)C(C)/N=C\C=N. The minimum Gasteiger partial charge on any atom is -0.307 e. The lowest BCUT2D eigenvalue weighted by atomic mass is 10.1. The molecule has 0 radical (unpaired) electrons. The zero-order valence-electron chi connectivity index (χ0n) is 6.26. The molecular weight excluding hydrogens is 112 g/mol. The Balaban J connectivity index is 3.61. The molecule has 2 nitrogen and oxygen atoms in total. The Kier molecular flexibility index (Phi) is 3.93. The molecule has 9 heavy (non-hydrogen) atoms. The van der Waals surface area contributed by atoms with E-state index in [4.69, 9.17) is 5.41 Å². The van der Waals surface area contributed by atoms with E-state index in [0.717, 1.165) is 0 Å². The molecular formula is C7H14N2. The number of rotatable bonds is 3. The van der Waals surface area contributed by atoms with Crippen molar-refractivity contribution >= 4 is 12.4 Å². The molecule has 1 N–H and O–H groups in total. The van der Waals surface area contributed by atoms with E-state index < -0.39 is 0 Å². The third kappa shape index (κ3) is 3.88. The fourth-order valence-corrected chi connectivity index (χ4v) is 0.351. The second kappa shape index (κ2) is 4.24. The number of nitrogens with one attached hydrogen (secondary N) is 1. The van der Waals surface area contributed by atoms with Gasteiger partial charge in [0.1, 0.15) is 0 Å². The van der Waals surface area contributed by atoms with Gasteiger partial charge < -0.3 is 5.41 Å². The zero-order chi connectivity index (χ0) is 7.28. The molecule has 2 heteroatoms. The zero-order valence-corrected chi connectivity index (χ0v) is 6.26. The Morgan fingerprint density at radius 3 is 2.22 bits per heavy atom. The van der Waals surface area contributed by atoms with Gasteiger partial charge >= 0.3 is 0 Å². The van der Waals surface area contributed by atoms with Gasteiger partial charge in [-0.15, -0.1) is 0 Å². The third-order valence-electron chi connectivity index (χ3n) is 1.36. The molecule has 0 aliphatic heterocycles. The highest BCUT2D eigenvalue weighted by atomic mass is 14.8. The summed E-state index contributed by atoms with van der Waals surface area (Å²) in [7, 11) is 0. The fourth-order valence-electron chi connectivity index (χ4n) is 0.351. The van der Waals surface area contributed by atoms with Crippen molar-refractivity contribution in [2.45, 2.75) is 26.8 Å². The van der Waals surface area contributed by atoms with E-state index in [0.29, 0.717) is 12.0 Å². The normalized spacial score (nSPS) is 14.7. The molecule has 0 aromatic carbocycles. The topological polar surface area (TPSA) is 36.2 Å². The molecule has 0 heterocycles. The minimum absolute atomic E-state index is 0.339. The molecule has 0 rings (SSSR count). The summed E-state index contributed by atoms with van der Waals surface area (Å²) in [6.07, 6.45) is 2.74. The number of hydrogen-bond donors (Lipinski definition) is 1. The van der Waals surface area contributed by atoms with Gasteiger partial charge in [-0.25, -0.2) is 0 Å². The summed E-state index contributed by atoms with van der Waals surface area (Å²) >= 11 is 0. The summed E-state index contributed by atoms with van der Waals surface area (Å²) in [5.74, 6) is 0.571. The van der Waals surface area contributed by atoms with Crippen LogP contribution in [0.3, 0.4) is 0 Å². The lowest BCUT2D eigenvalue weighted by Crippen LogP contribution is -2.07. The predicted octanol–water partition coefficient (Wildman–Crippen LogP) is 1.75. The van der Waals surface area contributed by atoms with Crippen molar-refractivity contribution in [3.8, 4) is 0 Å². The first kappa shape index (κ1) is 8.34. The van der Waals surface area contributed by atoms with Crippen LogP contribution in [-0.2, 0) is 0 Å². The highest BCUT2D eigenvalue weighted by Crippen LogP contribution is 2.02. The van der Waals surface area contributed by atoms with Gasteiger partial charge in [0.25, 0.3) is 0 Å². The Labute approximate surface area is 56.5 Å². The average Bonchev–Trinajstić information content (AvgIpc) is 1.82. The quantitative estimate of drug-likeness (QED) is 0.559. The molecule has 0 fully saturated rings. The van der Waals surface area contributed by atoms with E-state index in [1.807, 2.05) is 6.92 Å². The third-order valence-corrected chi connectivity index (χ3v) is 1.36. The van der Waals surface area contributed by atoms with Crippen molar-refractivity contribution in [1.82, 2.24) is 0 Å². The van der Waals surface area contributed by atoms with Crippen LogP contribution >= 0.6 is 0 Å². The van der Waals surface area contributed by atoms with E-state index >= 15 is 0 Å². The van der Waals surface area contributed by atoms with E-state index in [1.165, 1.54) is 12.4 Å². The van der Waals surface area contributed by atoms with E-state index in [9.17, 15) is 0 Å². The molecule has 0 saturated heterocycles. The Morgan fingerprint density at radius 1 is 1.33 bits per heavy atom. The Bertz CT molecular complexity index is 105. The lowest BCUT2D eigenvalue weighted by Gasteiger charge is -2.07. The van der Waals surface area contributed by atoms with Crippen LogP contribution in [0.4, 0.5) is 0 Å². The highest BCUT2D eigenvalue weighted by Gasteiger charge is 2.01. The lowest BCUT2D eigenvalue weighted by molar-refractivity contribution is 0.533. The van der Waals surface area contributed by atoms with E-state index in [1.54, 1.807) is 0 Å². The van der Waals surface area contributed by atoms with Crippen LogP contribution in [0.2, 0.25) is 0 Å². The molecule has 0 aliphatic carbocycles. The number of nitrogens with zero attached hydrogens (tertiary/aromatic N) is 1. The fraction of sp³-hybridized carbons (Fsp3) is 0.714. The van der Waals surface area contributed by atoms with Gasteiger partial charge in [-0.1, -0.05) is 13.8 Å². The van der Waals surface area contributed by atoms with Crippen LogP contribution < -0.4 is 0 Å². The van der Waals surface area contributed by atoms with Crippen LogP contribution in [0.25, 0.3) is 0 Å². The van der Waals surface area contributed by atoms with Crippen LogP contribution in [0.5, 0.6) is 0 Å². The first-order valence-electron chi connectivity index (χ1n) is 3.20.